The summed E-state index contributed by atoms with van der Waals surface area (Å²) in [5.41, 5.74) is 0.373. The van der Waals surface area contributed by atoms with Crippen molar-refractivity contribution in [1.29, 1.82) is 0 Å². The minimum atomic E-state index is -0.711. The van der Waals surface area contributed by atoms with Gasteiger partial charge in [-0.1, -0.05) is 6.07 Å². The molecule has 1 fully saturated rings. The van der Waals surface area contributed by atoms with E-state index in [0.717, 1.165) is 12.8 Å². The van der Waals surface area contributed by atoms with Gasteiger partial charge in [0.2, 0.25) is 5.88 Å². The van der Waals surface area contributed by atoms with Crippen molar-refractivity contribution in [1.82, 2.24) is 9.88 Å². The number of hydrogen-bond acceptors (Lipinski definition) is 5. The first-order chi connectivity index (χ1) is 12.0. The van der Waals surface area contributed by atoms with Gasteiger partial charge in [0.25, 0.3) is 5.91 Å². The molecule has 0 aromatic carbocycles. The number of ether oxygens (including phenoxy) is 1. The maximum absolute atomic E-state index is 12.9. The Kier molecular flexibility index (Phi) is 5.38. The van der Waals surface area contributed by atoms with Gasteiger partial charge in [-0.25, -0.2) is 4.98 Å². The van der Waals surface area contributed by atoms with Crippen LogP contribution in [-0.2, 0) is 0 Å². The van der Waals surface area contributed by atoms with E-state index in [2.05, 4.69) is 4.98 Å². The lowest BCUT2D eigenvalue weighted by Gasteiger charge is -2.26. The van der Waals surface area contributed by atoms with E-state index >= 15 is 0 Å². The van der Waals surface area contributed by atoms with Crippen LogP contribution in [-0.4, -0.2) is 39.6 Å². The van der Waals surface area contributed by atoms with E-state index in [0.29, 0.717) is 30.3 Å². The van der Waals surface area contributed by atoms with Crippen LogP contribution in [0.5, 0.6) is 5.88 Å². The third-order valence-corrected chi connectivity index (χ3v) is 4.30. The summed E-state index contributed by atoms with van der Waals surface area (Å²) in [5.74, 6) is 0.861. The highest BCUT2D eigenvalue weighted by Crippen LogP contribution is 2.28. The van der Waals surface area contributed by atoms with Gasteiger partial charge in [0.05, 0.1) is 12.4 Å². The Balaban J connectivity index is 1.70. The number of furan rings is 1. The molecule has 2 unspecified atom stereocenters. The first-order valence-corrected chi connectivity index (χ1v) is 8.70. The third-order valence-electron chi connectivity index (χ3n) is 4.30. The molecule has 1 saturated heterocycles. The Morgan fingerprint density at radius 1 is 1.40 bits per heavy atom. The van der Waals surface area contributed by atoms with E-state index in [1.165, 1.54) is 0 Å². The SMILES string of the molecule is CC(C)Oc1cccc(C(=O)N2CCCC2CC(O)c2ccco2)n1. The van der Waals surface area contributed by atoms with E-state index < -0.39 is 6.10 Å². The van der Waals surface area contributed by atoms with Gasteiger partial charge in [0, 0.05) is 25.1 Å². The lowest BCUT2D eigenvalue weighted by molar-refractivity contribution is 0.0634. The van der Waals surface area contributed by atoms with E-state index in [4.69, 9.17) is 9.15 Å². The highest BCUT2D eigenvalue weighted by atomic mass is 16.5. The maximum Gasteiger partial charge on any atom is 0.272 e. The summed E-state index contributed by atoms with van der Waals surface area (Å²) >= 11 is 0. The van der Waals surface area contributed by atoms with E-state index in [1.807, 2.05) is 13.8 Å². The van der Waals surface area contributed by atoms with E-state index in [9.17, 15) is 9.90 Å². The van der Waals surface area contributed by atoms with Gasteiger partial charge >= 0.3 is 0 Å². The number of carbonyl (C=O) groups is 1. The molecule has 25 heavy (non-hydrogen) atoms. The summed E-state index contributed by atoms with van der Waals surface area (Å²) in [6, 6.07) is 8.71. The number of amides is 1. The normalized spacial score (nSPS) is 18.6. The Morgan fingerprint density at radius 2 is 2.24 bits per heavy atom. The molecule has 1 amide bonds. The summed E-state index contributed by atoms with van der Waals surface area (Å²) in [6.07, 6.45) is 3.08. The molecule has 1 aliphatic rings. The molecular weight excluding hydrogens is 320 g/mol. The van der Waals surface area contributed by atoms with Crippen molar-refractivity contribution in [2.75, 3.05) is 6.54 Å². The Bertz CT molecular complexity index is 699. The van der Waals surface area contributed by atoms with Crippen molar-refractivity contribution < 1.29 is 19.1 Å². The Labute approximate surface area is 147 Å². The molecule has 6 heteroatoms. The molecule has 0 spiro atoms. The fourth-order valence-corrected chi connectivity index (χ4v) is 3.19. The summed E-state index contributed by atoms with van der Waals surface area (Å²) in [4.78, 5) is 19.0. The largest absolute Gasteiger partial charge is 0.475 e. The lowest BCUT2D eigenvalue weighted by atomic mass is 10.0. The Hall–Kier alpha value is -2.34. The van der Waals surface area contributed by atoms with Gasteiger partial charge in [-0.15, -0.1) is 0 Å². The zero-order chi connectivity index (χ0) is 17.8. The molecule has 1 N–H and O–H groups in total. The summed E-state index contributed by atoms with van der Waals surface area (Å²) in [7, 11) is 0. The van der Waals surface area contributed by atoms with Gasteiger partial charge < -0.3 is 19.2 Å². The molecule has 0 bridgehead atoms. The van der Waals surface area contributed by atoms with Crippen LogP contribution in [0.4, 0.5) is 0 Å². The molecule has 1 aliphatic heterocycles. The third kappa shape index (κ3) is 4.20. The first-order valence-electron chi connectivity index (χ1n) is 8.70. The van der Waals surface area contributed by atoms with Crippen molar-refractivity contribution in [3.05, 3.63) is 48.0 Å². The van der Waals surface area contributed by atoms with Crippen molar-refractivity contribution in [2.45, 2.75) is 51.4 Å². The number of likely N-dealkylation sites (tertiary alicyclic amines) is 1. The molecule has 2 atom stereocenters. The highest BCUT2D eigenvalue weighted by molar-refractivity contribution is 5.92. The molecule has 134 valence electrons. The van der Waals surface area contributed by atoms with Crippen LogP contribution in [0.1, 0.15) is 55.5 Å². The number of aromatic nitrogens is 1. The number of aliphatic hydroxyl groups excluding tert-OH is 1. The van der Waals surface area contributed by atoms with Crippen LogP contribution in [0.3, 0.4) is 0 Å². The van der Waals surface area contributed by atoms with Crippen LogP contribution in [0.25, 0.3) is 0 Å². The quantitative estimate of drug-likeness (QED) is 0.871. The molecule has 2 aromatic rings. The summed E-state index contributed by atoms with van der Waals surface area (Å²) in [5, 5.41) is 10.3. The number of hydrogen-bond donors (Lipinski definition) is 1. The maximum atomic E-state index is 12.9. The van der Waals surface area contributed by atoms with Crippen LogP contribution < -0.4 is 4.74 Å². The highest BCUT2D eigenvalue weighted by Gasteiger charge is 2.32. The molecule has 6 nitrogen and oxygen atoms in total. The lowest BCUT2D eigenvalue weighted by Crippen LogP contribution is -2.37. The second kappa shape index (κ2) is 7.70. The molecule has 2 aromatic heterocycles. The minimum absolute atomic E-state index is 0.000769. The van der Waals surface area contributed by atoms with E-state index in [1.54, 1.807) is 41.5 Å². The average Bonchev–Trinajstić information content (AvgIpc) is 3.25. The van der Waals surface area contributed by atoms with Crippen LogP contribution in [0.15, 0.2) is 41.0 Å². The predicted octanol–water partition coefficient (Wildman–Crippen LogP) is 3.19. The van der Waals surface area contributed by atoms with Crippen molar-refractivity contribution >= 4 is 5.91 Å². The number of nitrogens with zero attached hydrogens (tertiary/aromatic N) is 2. The van der Waals surface area contributed by atoms with Crippen LogP contribution in [0.2, 0.25) is 0 Å². The van der Waals surface area contributed by atoms with Crippen molar-refractivity contribution in [3.8, 4) is 5.88 Å². The summed E-state index contributed by atoms with van der Waals surface area (Å²) < 4.78 is 10.8. The fraction of sp³-hybridized carbons (Fsp3) is 0.474. The minimum Gasteiger partial charge on any atom is -0.475 e. The number of aliphatic hydroxyl groups is 1. The van der Waals surface area contributed by atoms with Crippen molar-refractivity contribution in [2.24, 2.45) is 0 Å². The average molecular weight is 344 g/mol. The molecule has 3 rings (SSSR count). The van der Waals surface area contributed by atoms with Gasteiger partial charge in [-0.3, -0.25) is 4.79 Å². The predicted molar refractivity (Wildman–Crippen MR) is 92.3 cm³/mol. The molecule has 0 radical (unpaired) electrons. The smallest absolute Gasteiger partial charge is 0.272 e. The topological polar surface area (TPSA) is 75.8 Å². The van der Waals surface area contributed by atoms with Gasteiger partial charge in [0.1, 0.15) is 17.6 Å². The fourth-order valence-electron chi connectivity index (χ4n) is 3.19. The van der Waals surface area contributed by atoms with Gasteiger partial charge in [0.15, 0.2) is 0 Å². The van der Waals surface area contributed by atoms with Crippen LogP contribution in [0, 0.1) is 0 Å². The van der Waals surface area contributed by atoms with Crippen molar-refractivity contribution in [3.63, 3.8) is 0 Å². The molecule has 0 aliphatic carbocycles. The second-order valence-corrected chi connectivity index (χ2v) is 6.59. The van der Waals surface area contributed by atoms with Crippen LogP contribution >= 0.6 is 0 Å². The van der Waals surface area contributed by atoms with Gasteiger partial charge in [-0.05, 0) is 44.9 Å². The van der Waals surface area contributed by atoms with E-state index in [-0.39, 0.29) is 18.1 Å². The zero-order valence-electron chi connectivity index (χ0n) is 14.6. The first kappa shape index (κ1) is 17.5. The monoisotopic (exact) mass is 344 g/mol. The zero-order valence-corrected chi connectivity index (χ0v) is 14.6. The molecule has 0 saturated carbocycles. The molecule has 3 heterocycles. The Morgan fingerprint density at radius 3 is 2.96 bits per heavy atom. The number of carbonyl (C=O) groups excluding carboxylic acids is 1. The number of pyridine rings is 1. The van der Waals surface area contributed by atoms with Gasteiger partial charge in [-0.2, -0.15) is 0 Å². The number of rotatable bonds is 6. The molecular formula is C19H24N2O4. The standard InChI is InChI=1S/C19H24N2O4/c1-13(2)25-18-9-3-7-15(20-18)19(23)21-10-4-6-14(21)12-16(22)17-8-5-11-24-17/h3,5,7-9,11,13-14,16,22H,4,6,10,12H2,1-2H3. The summed E-state index contributed by atoms with van der Waals surface area (Å²) in [6.45, 7) is 4.51. The second-order valence-electron chi connectivity index (χ2n) is 6.59.